The van der Waals surface area contributed by atoms with E-state index in [4.69, 9.17) is 0 Å². The second-order valence-electron chi connectivity index (χ2n) is 11.0. The maximum absolute atomic E-state index is 14.5. The second-order valence-corrected chi connectivity index (χ2v) is 11.0. The first-order valence-corrected chi connectivity index (χ1v) is 15.2. The van der Waals surface area contributed by atoms with Gasteiger partial charge in [-0.3, -0.25) is 15.0 Å². The van der Waals surface area contributed by atoms with Gasteiger partial charge in [0.1, 0.15) is 17.3 Å². The summed E-state index contributed by atoms with van der Waals surface area (Å²) in [6.45, 7) is 14.2. The minimum atomic E-state index is -4.64. The van der Waals surface area contributed by atoms with Crippen LogP contribution in [0, 0.1) is 11.7 Å². The fourth-order valence-corrected chi connectivity index (χ4v) is 4.40. The van der Waals surface area contributed by atoms with E-state index in [2.05, 4.69) is 29.1 Å². The third-order valence-electron chi connectivity index (χ3n) is 6.97. The van der Waals surface area contributed by atoms with Crippen LogP contribution in [0.1, 0.15) is 78.0 Å². The van der Waals surface area contributed by atoms with Gasteiger partial charge >= 0.3 is 6.18 Å². The van der Waals surface area contributed by atoms with Gasteiger partial charge in [0.15, 0.2) is 0 Å². The second kappa shape index (κ2) is 17.5. The molecule has 2 aromatic rings. The van der Waals surface area contributed by atoms with E-state index in [0.717, 1.165) is 33.9 Å². The largest absolute Gasteiger partial charge is 0.416 e. The molecule has 45 heavy (non-hydrogen) atoms. The molecular formula is C34H45F4N5O2. The normalized spacial score (nSPS) is 14.3. The SMILES string of the molecule is CC=N/C=C(\C)CN(O)C(=N/C(=C\C)C(=O)N1CCc2c(cccc2Nc2ccc(C(F)(F)F)cc2F)C1)C(C)C.CCCC. The first-order chi connectivity index (χ1) is 21.3. The van der Waals surface area contributed by atoms with Gasteiger partial charge in [-0.15, -0.1) is 0 Å². The van der Waals surface area contributed by atoms with E-state index >= 15 is 0 Å². The Bertz CT molecular complexity index is 1410. The number of carbonyl (C=O) groups excluding carboxylic acids is 1. The lowest BCUT2D eigenvalue weighted by atomic mass is 9.97. The van der Waals surface area contributed by atoms with Gasteiger partial charge < -0.3 is 10.2 Å². The van der Waals surface area contributed by atoms with Crippen LogP contribution in [0.2, 0.25) is 0 Å². The molecule has 1 heterocycles. The summed E-state index contributed by atoms with van der Waals surface area (Å²) < 4.78 is 53.2. The van der Waals surface area contributed by atoms with Crippen LogP contribution in [0.25, 0.3) is 0 Å². The number of hydroxylamine groups is 2. The van der Waals surface area contributed by atoms with E-state index in [1.165, 1.54) is 12.8 Å². The number of unbranched alkanes of at least 4 members (excludes halogenated alkanes) is 1. The highest BCUT2D eigenvalue weighted by atomic mass is 19.4. The summed E-state index contributed by atoms with van der Waals surface area (Å²) in [4.78, 5) is 23.7. The molecule has 0 unspecified atom stereocenters. The number of hydrogen-bond acceptors (Lipinski definition) is 5. The number of amidine groups is 1. The van der Waals surface area contributed by atoms with E-state index in [-0.39, 0.29) is 36.3 Å². The van der Waals surface area contributed by atoms with Crippen LogP contribution in [-0.4, -0.2) is 46.2 Å². The summed E-state index contributed by atoms with van der Waals surface area (Å²) in [7, 11) is 0. The van der Waals surface area contributed by atoms with Crippen molar-refractivity contribution >= 4 is 29.3 Å². The molecule has 2 aromatic carbocycles. The monoisotopic (exact) mass is 631 g/mol. The van der Waals surface area contributed by atoms with Crippen molar-refractivity contribution < 1.29 is 27.6 Å². The maximum Gasteiger partial charge on any atom is 0.416 e. The van der Waals surface area contributed by atoms with Crippen LogP contribution >= 0.6 is 0 Å². The number of hydrogen-bond donors (Lipinski definition) is 2. The van der Waals surface area contributed by atoms with E-state index in [1.54, 1.807) is 49.4 Å². The molecule has 1 aliphatic rings. The van der Waals surface area contributed by atoms with Crippen LogP contribution in [0.3, 0.4) is 0 Å². The van der Waals surface area contributed by atoms with Crippen LogP contribution in [0.15, 0.2) is 69.9 Å². The number of carbonyl (C=O) groups is 1. The van der Waals surface area contributed by atoms with Crippen LogP contribution in [0.4, 0.5) is 28.9 Å². The standard InChI is InChI=1S/C30H35F4N5O2.C4H10/c1-6-25(37-28(19(3)4)39(41)17-20(5)16-35-7-2)29(40)38-14-13-23-21(18-38)9-8-10-26(23)36-27-12-11-22(15-24(27)31)30(32,33)34;1-3-4-2/h6-12,15-16,19,36,41H,13-14,17-18H2,1-5H3;3-4H2,1-2H3/b20-16+,25-6-,35-7?,37-28?;. The number of halogens is 4. The number of alkyl halides is 3. The molecule has 3 rings (SSSR count). The Balaban J connectivity index is 0.00000166. The van der Waals surface area contributed by atoms with Crippen molar-refractivity contribution in [1.29, 1.82) is 0 Å². The van der Waals surface area contributed by atoms with Crippen molar-refractivity contribution in [2.24, 2.45) is 15.9 Å². The summed E-state index contributed by atoms with van der Waals surface area (Å²) in [6.07, 6.45) is 3.33. The third-order valence-corrected chi connectivity index (χ3v) is 6.97. The minimum Gasteiger partial charge on any atom is -0.353 e. The van der Waals surface area contributed by atoms with Gasteiger partial charge in [0.2, 0.25) is 0 Å². The van der Waals surface area contributed by atoms with Crippen molar-refractivity contribution in [2.75, 3.05) is 18.4 Å². The molecule has 1 amide bonds. The molecule has 0 aromatic heterocycles. The van der Waals surface area contributed by atoms with Crippen LogP contribution in [-0.2, 0) is 23.9 Å². The predicted molar refractivity (Wildman–Crippen MR) is 173 cm³/mol. The summed E-state index contributed by atoms with van der Waals surface area (Å²) >= 11 is 0. The molecule has 0 atom stereocenters. The molecule has 0 saturated heterocycles. The van der Waals surface area contributed by atoms with Crippen molar-refractivity contribution in [3.05, 3.63) is 82.5 Å². The number of nitrogens with one attached hydrogen (secondary N) is 1. The van der Waals surface area contributed by atoms with Crippen LogP contribution < -0.4 is 5.32 Å². The Kier molecular flexibility index (Phi) is 14.5. The maximum atomic E-state index is 14.5. The van der Waals surface area contributed by atoms with E-state index < -0.39 is 17.6 Å². The minimum absolute atomic E-state index is 0.0724. The van der Waals surface area contributed by atoms with Gasteiger partial charge in [-0.05, 0) is 68.2 Å². The molecular weight excluding hydrogens is 586 g/mol. The number of amides is 1. The highest BCUT2D eigenvalue weighted by Crippen LogP contribution is 2.34. The lowest BCUT2D eigenvalue weighted by Gasteiger charge is -2.31. The van der Waals surface area contributed by atoms with Gasteiger partial charge in [-0.1, -0.05) is 58.7 Å². The molecule has 7 nitrogen and oxygen atoms in total. The lowest BCUT2D eigenvalue weighted by molar-refractivity contribution is -0.137. The zero-order chi connectivity index (χ0) is 33.7. The average Bonchev–Trinajstić information content (AvgIpc) is 3.00. The zero-order valence-corrected chi connectivity index (χ0v) is 27.2. The number of nitrogens with zero attached hydrogens (tertiary/aromatic N) is 4. The fraction of sp³-hybridized carbons (Fsp3) is 0.441. The van der Waals surface area contributed by atoms with E-state index in [1.807, 2.05) is 26.8 Å². The Labute approximate surface area is 264 Å². The topological polar surface area (TPSA) is 80.5 Å². The third kappa shape index (κ3) is 10.8. The molecule has 0 fully saturated rings. The Morgan fingerprint density at radius 1 is 1.13 bits per heavy atom. The quantitative estimate of drug-likeness (QED) is 0.0952. The van der Waals surface area contributed by atoms with E-state index in [9.17, 15) is 27.6 Å². The van der Waals surface area contributed by atoms with Crippen molar-refractivity contribution in [1.82, 2.24) is 9.96 Å². The number of rotatable bonds is 9. The van der Waals surface area contributed by atoms with Crippen molar-refractivity contribution in [3.8, 4) is 0 Å². The Hall–Kier alpha value is -3.99. The number of benzene rings is 2. The summed E-state index contributed by atoms with van der Waals surface area (Å²) in [5.74, 6) is -1.16. The van der Waals surface area contributed by atoms with Crippen molar-refractivity contribution in [2.45, 2.75) is 80.4 Å². The average molecular weight is 632 g/mol. The van der Waals surface area contributed by atoms with Gasteiger partial charge in [0, 0.05) is 37.1 Å². The predicted octanol–water partition coefficient (Wildman–Crippen LogP) is 8.92. The molecule has 246 valence electrons. The number of allylic oxidation sites excluding steroid dienone is 1. The number of anilines is 2. The molecule has 0 aliphatic carbocycles. The fourth-order valence-electron chi connectivity index (χ4n) is 4.40. The number of aliphatic imine (C=N–C) groups is 2. The summed E-state index contributed by atoms with van der Waals surface area (Å²) in [5.41, 5.74) is 2.10. The van der Waals surface area contributed by atoms with Gasteiger partial charge in [0.05, 0.1) is 17.8 Å². The molecule has 0 radical (unpaired) electrons. The highest BCUT2D eigenvalue weighted by molar-refractivity contribution is 5.97. The van der Waals surface area contributed by atoms with Gasteiger partial charge in [-0.2, -0.15) is 13.2 Å². The molecule has 0 bridgehead atoms. The Morgan fingerprint density at radius 3 is 2.38 bits per heavy atom. The summed E-state index contributed by atoms with van der Waals surface area (Å²) in [6, 6.07) is 7.68. The Morgan fingerprint density at radius 2 is 1.82 bits per heavy atom. The molecule has 2 N–H and O–H groups in total. The number of fused-ring (bicyclic) bond motifs is 1. The van der Waals surface area contributed by atoms with E-state index in [0.29, 0.717) is 30.6 Å². The first-order valence-electron chi connectivity index (χ1n) is 15.2. The zero-order valence-electron chi connectivity index (χ0n) is 27.2. The highest BCUT2D eigenvalue weighted by Gasteiger charge is 2.31. The van der Waals surface area contributed by atoms with Gasteiger partial charge in [0.25, 0.3) is 5.91 Å². The molecule has 0 spiro atoms. The molecule has 11 heteroatoms. The van der Waals surface area contributed by atoms with Crippen LogP contribution in [0.5, 0.6) is 0 Å². The smallest absolute Gasteiger partial charge is 0.353 e. The molecule has 1 aliphatic heterocycles. The van der Waals surface area contributed by atoms with Gasteiger partial charge in [-0.25, -0.2) is 14.4 Å². The summed E-state index contributed by atoms with van der Waals surface area (Å²) in [5, 5.41) is 14.6. The molecule has 0 saturated carbocycles. The lowest BCUT2D eigenvalue weighted by Crippen LogP contribution is -2.38. The van der Waals surface area contributed by atoms with Crippen molar-refractivity contribution in [3.63, 3.8) is 0 Å². The first kappa shape index (κ1) is 37.2.